The van der Waals surface area contributed by atoms with E-state index >= 15 is 0 Å². The Kier molecular flexibility index (Phi) is 2.67. The smallest absolute Gasteiger partial charge is 0.199 e. The van der Waals surface area contributed by atoms with E-state index in [9.17, 15) is 0 Å². The fourth-order valence-electron chi connectivity index (χ4n) is 3.16. The fourth-order valence-corrected chi connectivity index (χ4v) is 3.28. The molecular formula is C17H13ClN2O. The van der Waals surface area contributed by atoms with E-state index in [4.69, 9.17) is 16.3 Å². The number of hydrogen-bond donors (Lipinski definition) is 0. The van der Waals surface area contributed by atoms with Gasteiger partial charge in [-0.3, -0.25) is 4.57 Å². The summed E-state index contributed by atoms with van der Waals surface area (Å²) in [6.07, 6.45) is 3.75. The van der Waals surface area contributed by atoms with Crippen LogP contribution in [0, 0.1) is 0 Å². The maximum atomic E-state index is 6.03. The van der Waals surface area contributed by atoms with E-state index in [-0.39, 0.29) is 0 Å². The van der Waals surface area contributed by atoms with Crippen LogP contribution in [0.5, 0.6) is 0 Å². The van der Waals surface area contributed by atoms with Crippen molar-refractivity contribution in [1.29, 1.82) is 0 Å². The third-order valence-corrected chi connectivity index (χ3v) is 4.30. The topological polar surface area (TPSA) is 27.1 Å². The van der Waals surface area contributed by atoms with Gasteiger partial charge in [-0.25, -0.2) is 4.98 Å². The van der Waals surface area contributed by atoms with Crippen molar-refractivity contribution < 1.29 is 4.74 Å². The summed E-state index contributed by atoms with van der Waals surface area (Å²) >= 11 is 6.03. The largest absolute Gasteiger partial charge is 0.350 e. The van der Waals surface area contributed by atoms with Gasteiger partial charge < -0.3 is 4.74 Å². The third kappa shape index (κ3) is 1.56. The first-order chi connectivity index (χ1) is 10.3. The molecule has 4 rings (SSSR count). The molecule has 3 nitrogen and oxygen atoms in total. The van der Waals surface area contributed by atoms with Gasteiger partial charge in [0.25, 0.3) is 0 Å². The lowest BCUT2D eigenvalue weighted by molar-refractivity contribution is 0.00254. The molecule has 1 aliphatic heterocycles. The summed E-state index contributed by atoms with van der Waals surface area (Å²) in [6, 6.07) is 16.0. The van der Waals surface area contributed by atoms with Crippen LogP contribution in [-0.4, -0.2) is 16.7 Å². The number of nitrogens with zero attached hydrogens (tertiary/aromatic N) is 2. The van der Waals surface area contributed by atoms with Gasteiger partial charge in [0.05, 0.1) is 0 Å². The van der Waals surface area contributed by atoms with Crippen molar-refractivity contribution in [3.05, 3.63) is 77.1 Å². The summed E-state index contributed by atoms with van der Waals surface area (Å²) in [7, 11) is 1.72. The molecule has 0 bridgehead atoms. The average Bonchev–Trinajstić information content (AvgIpc) is 3.09. The molecule has 0 radical (unpaired) electrons. The van der Waals surface area contributed by atoms with Crippen LogP contribution >= 0.6 is 11.6 Å². The summed E-state index contributed by atoms with van der Waals surface area (Å²) < 4.78 is 8.09. The van der Waals surface area contributed by atoms with Gasteiger partial charge in [0.1, 0.15) is 5.82 Å². The van der Waals surface area contributed by atoms with Crippen LogP contribution in [0.2, 0.25) is 5.02 Å². The molecule has 21 heavy (non-hydrogen) atoms. The molecular weight excluding hydrogens is 284 g/mol. The van der Waals surface area contributed by atoms with Gasteiger partial charge in [0.2, 0.25) is 0 Å². The molecule has 1 atom stereocenters. The van der Waals surface area contributed by atoms with Crippen LogP contribution in [0.3, 0.4) is 0 Å². The van der Waals surface area contributed by atoms with E-state index in [2.05, 4.69) is 21.7 Å². The highest BCUT2D eigenvalue weighted by atomic mass is 35.5. The van der Waals surface area contributed by atoms with Crippen molar-refractivity contribution in [2.75, 3.05) is 7.11 Å². The second kappa shape index (κ2) is 4.45. The maximum absolute atomic E-state index is 6.03. The number of ether oxygens (including phenoxy) is 1. The molecule has 3 aromatic rings. The maximum Gasteiger partial charge on any atom is 0.199 e. The van der Waals surface area contributed by atoms with Crippen LogP contribution in [0.15, 0.2) is 60.9 Å². The van der Waals surface area contributed by atoms with E-state index in [1.807, 2.05) is 42.6 Å². The first kappa shape index (κ1) is 12.6. The summed E-state index contributed by atoms with van der Waals surface area (Å²) in [6.45, 7) is 0. The van der Waals surface area contributed by atoms with Gasteiger partial charge in [-0.15, -0.1) is 0 Å². The molecule has 1 unspecified atom stereocenters. The Morgan fingerprint density at radius 1 is 1.10 bits per heavy atom. The van der Waals surface area contributed by atoms with E-state index < -0.39 is 5.72 Å². The Hall–Kier alpha value is -2.10. The molecule has 0 aliphatic carbocycles. The predicted molar refractivity (Wildman–Crippen MR) is 82.3 cm³/mol. The molecule has 0 amide bonds. The number of fused-ring (bicyclic) bond motifs is 3. The highest BCUT2D eigenvalue weighted by Gasteiger charge is 2.45. The van der Waals surface area contributed by atoms with Gasteiger partial charge in [0.15, 0.2) is 5.72 Å². The standard InChI is InChI=1S/C17H13ClN2O/c1-21-17(12-6-8-13(18)9-7-12)15-5-3-2-4-14(15)16-19-10-11-20(16)17/h2-11H,1H3. The van der Waals surface area contributed by atoms with Crippen molar-refractivity contribution in [2.45, 2.75) is 5.72 Å². The van der Waals surface area contributed by atoms with Crippen molar-refractivity contribution in [2.24, 2.45) is 0 Å². The molecule has 0 saturated carbocycles. The average molecular weight is 297 g/mol. The van der Waals surface area contributed by atoms with Crippen molar-refractivity contribution in [3.8, 4) is 11.4 Å². The van der Waals surface area contributed by atoms with Crippen molar-refractivity contribution in [3.63, 3.8) is 0 Å². The highest BCUT2D eigenvalue weighted by Crippen LogP contribution is 2.47. The van der Waals surface area contributed by atoms with E-state index in [0.29, 0.717) is 5.02 Å². The molecule has 1 aliphatic rings. The zero-order valence-electron chi connectivity index (χ0n) is 11.5. The third-order valence-electron chi connectivity index (χ3n) is 4.04. The predicted octanol–water partition coefficient (Wildman–Crippen LogP) is 3.91. The molecule has 0 fully saturated rings. The van der Waals surface area contributed by atoms with Gasteiger partial charge >= 0.3 is 0 Å². The summed E-state index contributed by atoms with van der Waals surface area (Å²) in [5.74, 6) is 0.919. The lowest BCUT2D eigenvalue weighted by Crippen LogP contribution is -2.34. The van der Waals surface area contributed by atoms with Gasteiger partial charge in [0, 0.05) is 41.2 Å². The first-order valence-electron chi connectivity index (χ1n) is 6.72. The minimum absolute atomic E-state index is 0.687. The molecule has 104 valence electrons. The second-order valence-electron chi connectivity index (χ2n) is 5.02. The van der Waals surface area contributed by atoms with Crippen molar-refractivity contribution >= 4 is 11.6 Å². The fraction of sp³-hybridized carbons (Fsp3) is 0.118. The Morgan fingerprint density at radius 3 is 2.62 bits per heavy atom. The first-order valence-corrected chi connectivity index (χ1v) is 7.10. The monoisotopic (exact) mass is 296 g/mol. The highest BCUT2D eigenvalue weighted by molar-refractivity contribution is 6.30. The van der Waals surface area contributed by atoms with Gasteiger partial charge in [-0.1, -0.05) is 48.0 Å². The SMILES string of the molecule is COC1(c2ccc(Cl)cc2)c2ccccc2-c2nccn21. The molecule has 2 heterocycles. The number of rotatable bonds is 2. The van der Waals surface area contributed by atoms with Crippen LogP contribution in [0.25, 0.3) is 11.4 Å². The molecule has 2 aromatic carbocycles. The molecule has 4 heteroatoms. The van der Waals surface area contributed by atoms with E-state index in [1.165, 1.54) is 0 Å². The Balaban J connectivity index is 2.07. The Bertz CT molecular complexity index is 810. The number of halogens is 1. The molecule has 0 saturated heterocycles. The van der Waals surface area contributed by atoms with Gasteiger partial charge in [-0.05, 0) is 12.1 Å². The number of methoxy groups -OCH3 is 1. The number of aromatic nitrogens is 2. The lowest BCUT2D eigenvalue weighted by atomic mass is 9.93. The second-order valence-corrected chi connectivity index (χ2v) is 5.46. The summed E-state index contributed by atoms with van der Waals surface area (Å²) in [5, 5.41) is 0.710. The summed E-state index contributed by atoms with van der Waals surface area (Å²) in [5.41, 5.74) is 2.53. The minimum atomic E-state index is -0.687. The van der Waals surface area contributed by atoms with Crippen molar-refractivity contribution in [1.82, 2.24) is 9.55 Å². The van der Waals surface area contributed by atoms with Gasteiger partial charge in [-0.2, -0.15) is 0 Å². The number of imidazole rings is 1. The van der Waals surface area contributed by atoms with E-state index in [0.717, 1.165) is 22.5 Å². The normalized spacial score (nSPS) is 19.3. The molecule has 0 N–H and O–H groups in total. The number of benzene rings is 2. The van der Waals surface area contributed by atoms with Crippen LogP contribution in [-0.2, 0) is 10.5 Å². The Labute approximate surface area is 127 Å². The van der Waals surface area contributed by atoms with Crippen LogP contribution in [0.1, 0.15) is 11.1 Å². The summed E-state index contributed by atoms with van der Waals surface area (Å²) in [4.78, 5) is 4.48. The quantitative estimate of drug-likeness (QED) is 0.717. The zero-order valence-corrected chi connectivity index (χ0v) is 12.2. The Morgan fingerprint density at radius 2 is 1.86 bits per heavy atom. The van der Waals surface area contributed by atoms with Crippen LogP contribution < -0.4 is 0 Å². The molecule has 1 aromatic heterocycles. The van der Waals surface area contributed by atoms with E-state index in [1.54, 1.807) is 13.3 Å². The minimum Gasteiger partial charge on any atom is -0.350 e. The lowest BCUT2D eigenvalue weighted by Gasteiger charge is -2.31. The molecule has 0 spiro atoms. The zero-order chi connectivity index (χ0) is 14.4. The number of hydrogen-bond acceptors (Lipinski definition) is 2. The van der Waals surface area contributed by atoms with Crippen LogP contribution in [0.4, 0.5) is 0 Å².